The van der Waals surface area contributed by atoms with Gasteiger partial charge in [-0.2, -0.15) is 15.0 Å². The van der Waals surface area contributed by atoms with Crippen LogP contribution in [0.5, 0.6) is 6.01 Å². The lowest BCUT2D eigenvalue weighted by Crippen LogP contribution is -2.20. The first-order valence-electron chi connectivity index (χ1n) is 6.80. The van der Waals surface area contributed by atoms with Crippen LogP contribution in [0.2, 0.25) is 0 Å². The van der Waals surface area contributed by atoms with Crippen molar-refractivity contribution in [2.45, 2.75) is 25.7 Å². The fourth-order valence-corrected chi connectivity index (χ4v) is 2.57. The highest BCUT2D eigenvalue weighted by Gasteiger charge is 2.41. The second kappa shape index (κ2) is 5.16. The molecule has 2 aliphatic rings. The number of hydrazine groups is 1. The second-order valence-corrected chi connectivity index (χ2v) is 5.33. The van der Waals surface area contributed by atoms with Gasteiger partial charge in [-0.25, -0.2) is 5.84 Å². The number of nitrogens with zero attached hydrogens (tertiary/aromatic N) is 3. The van der Waals surface area contributed by atoms with Crippen LogP contribution in [-0.4, -0.2) is 28.6 Å². The van der Waals surface area contributed by atoms with Gasteiger partial charge < -0.3 is 10.1 Å². The minimum Gasteiger partial charge on any atom is -0.467 e. The number of hydrogen-bond donors (Lipinski definition) is 3. The molecular weight excluding hydrogens is 244 g/mol. The average Bonchev–Trinajstić information content (AvgIpc) is 3.30. The summed E-state index contributed by atoms with van der Waals surface area (Å²) in [5, 5.41) is 3.30. The Morgan fingerprint density at radius 3 is 2.32 bits per heavy atom. The van der Waals surface area contributed by atoms with Crippen molar-refractivity contribution in [1.82, 2.24) is 15.0 Å². The molecule has 0 aliphatic heterocycles. The van der Waals surface area contributed by atoms with Gasteiger partial charge in [0.2, 0.25) is 11.9 Å². The van der Waals surface area contributed by atoms with Gasteiger partial charge in [0.1, 0.15) is 0 Å². The second-order valence-electron chi connectivity index (χ2n) is 5.33. The zero-order chi connectivity index (χ0) is 13.2. The zero-order valence-corrected chi connectivity index (χ0v) is 11.1. The van der Waals surface area contributed by atoms with E-state index in [9.17, 15) is 0 Å². The topological polar surface area (TPSA) is 98.0 Å². The first-order valence-corrected chi connectivity index (χ1v) is 6.80. The molecule has 7 nitrogen and oxygen atoms in total. The highest BCUT2D eigenvalue weighted by atomic mass is 16.5. The number of anilines is 2. The zero-order valence-electron chi connectivity index (χ0n) is 11.1. The quantitative estimate of drug-likeness (QED) is 0.499. The molecule has 7 heteroatoms. The molecule has 0 unspecified atom stereocenters. The van der Waals surface area contributed by atoms with Crippen LogP contribution in [0.4, 0.5) is 11.9 Å². The number of ether oxygens (including phenoxy) is 1. The monoisotopic (exact) mass is 264 g/mol. The maximum Gasteiger partial charge on any atom is 0.322 e. The van der Waals surface area contributed by atoms with Crippen LogP contribution in [0, 0.1) is 17.8 Å². The van der Waals surface area contributed by atoms with E-state index in [4.69, 9.17) is 10.6 Å². The summed E-state index contributed by atoms with van der Waals surface area (Å²) in [5.74, 6) is 8.72. The molecule has 2 fully saturated rings. The van der Waals surface area contributed by atoms with Crippen LogP contribution < -0.4 is 21.3 Å². The number of nitrogens with one attached hydrogen (secondary N) is 2. The fraction of sp³-hybridized carbons (Fsp3) is 0.750. The highest BCUT2D eigenvalue weighted by Crippen LogP contribution is 2.49. The summed E-state index contributed by atoms with van der Waals surface area (Å²) in [6, 6.07) is 0.264. The summed E-state index contributed by atoms with van der Waals surface area (Å²) in [5.41, 5.74) is 2.42. The van der Waals surface area contributed by atoms with E-state index in [2.05, 4.69) is 25.7 Å². The third-order valence-corrected chi connectivity index (χ3v) is 3.88. The van der Waals surface area contributed by atoms with Crippen molar-refractivity contribution in [2.75, 3.05) is 24.4 Å². The van der Waals surface area contributed by atoms with E-state index >= 15 is 0 Å². The molecule has 0 amide bonds. The molecule has 0 spiro atoms. The first-order chi connectivity index (χ1) is 9.30. The van der Waals surface area contributed by atoms with Crippen molar-refractivity contribution in [2.24, 2.45) is 23.6 Å². The number of rotatable bonds is 7. The lowest BCUT2D eigenvalue weighted by Gasteiger charge is -2.16. The number of methoxy groups -OCH3 is 1. The minimum absolute atomic E-state index is 0.264. The molecule has 1 aromatic heterocycles. The predicted octanol–water partition coefficient (Wildman–Crippen LogP) is 1.01. The van der Waals surface area contributed by atoms with E-state index in [-0.39, 0.29) is 6.01 Å². The summed E-state index contributed by atoms with van der Waals surface area (Å²) in [4.78, 5) is 12.3. The van der Waals surface area contributed by atoms with Crippen LogP contribution >= 0.6 is 0 Å². The van der Waals surface area contributed by atoms with E-state index in [1.165, 1.54) is 32.8 Å². The van der Waals surface area contributed by atoms with Crippen molar-refractivity contribution < 1.29 is 4.74 Å². The third-order valence-electron chi connectivity index (χ3n) is 3.88. The summed E-state index contributed by atoms with van der Waals surface area (Å²) >= 11 is 0. The van der Waals surface area contributed by atoms with Crippen molar-refractivity contribution in [1.29, 1.82) is 0 Å². The molecule has 0 bridgehead atoms. The summed E-state index contributed by atoms with van der Waals surface area (Å²) in [6.45, 7) is 0.923. The molecule has 0 radical (unpaired) electrons. The molecule has 19 heavy (non-hydrogen) atoms. The van der Waals surface area contributed by atoms with E-state index < -0.39 is 0 Å². The van der Waals surface area contributed by atoms with Crippen LogP contribution in [-0.2, 0) is 0 Å². The van der Waals surface area contributed by atoms with Crippen LogP contribution in [0.25, 0.3) is 0 Å². The van der Waals surface area contributed by atoms with Gasteiger partial charge in [0.15, 0.2) is 0 Å². The molecule has 1 aromatic rings. The Balaban J connectivity index is 1.64. The molecule has 0 saturated heterocycles. The normalized spacial score (nSPS) is 18.5. The van der Waals surface area contributed by atoms with Crippen LogP contribution in [0.15, 0.2) is 0 Å². The lowest BCUT2D eigenvalue weighted by atomic mass is 9.98. The Hall–Kier alpha value is -1.63. The first kappa shape index (κ1) is 12.4. The number of aromatic nitrogens is 3. The molecule has 2 saturated carbocycles. The molecular formula is C12H20N6O. The smallest absolute Gasteiger partial charge is 0.322 e. The van der Waals surface area contributed by atoms with Gasteiger partial charge >= 0.3 is 6.01 Å². The Bertz CT molecular complexity index is 412. The Labute approximate surface area is 112 Å². The third kappa shape index (κ3) is 3.04. The van der Waals surface area contributed by atoms with Gasteiger partial charge in [-0.1, -0.05) is 0 Å². The summed E-state index contributed by atoms with van der Waals surface area (Å²) in [7, 11) is 1.52. The largest absolute Gasteiger partial charge is 0.467 e. The Morgan fingerprint density at radius 2 is 1.79 bits per heavy atom. The summed E-state index contributed by atoms with van der Waals surface area (Å²) in [6.07, 6.45) is 5.50. The molecule has 4 N–H and O–H groups in total. The molecule has 104 valence electrons. The molecule has 0 atom stereocenters. The van der Waals surface area contributed by atoms with Crippen LogP contribution in [0.1, 0.15) is 25.7 Å². The van der Waals surface area contributed by atoms with E-state index in [0.29, 0.717) is 11.9 Å². The van der Waals surface area contributed by atoms with Gasteiger partial charge in [0.25, 0.3) is 0 Å². The van der Waals surface area contributed by atoms with Gasteiger partial charge in [-0.05, 0) is 43.4 Å². The molecule has 1 heterocycles. The summed E-state index contributed by atoms with van der Waals surface area (Å²) < 4.78 is 5.03. The van der Waals surface area contributed by atoms with Gasteiger partial charge in [-0.15, -0.1) is 0 Å². The lowest BCUT2D eigenvalue weighted by molar-refractivity contribution is 0.378. The Kier molecular flexibility index (Phi) is 3.37. The van der Waals surface area contributed by atoms with Gasteiger partial charge in [0, 0.05) is 6.54 Å². The molecule has 0 aromatic carbocycles. The molecule has 3 rings (SSSR count). The Morgan fingerprint density at radius 1 is 1.16 bits per heavy atom. The van der Waals surface area contributed by atoms with E-state index in [0.717, 1.165) is 24.3 Å². The van der Waals surface area contributed by atoms with Crippen molar-refractivity contribution in [3.8, 4) is 6.01 Å². The number of nitrogen functional groups attached to an aromatic ring is 1. The average molecular weight is 264 g/mol. The van der Waals surface area contributed by atoms with Crippen LogP contribution in [0.3, 0.4) is 0 Å². The number of hydrogen-bond acceptors (Lipinski definition) is 7. The van der Waals surface area contributed by atoms with Crippen molar-refractivity contribution in [3.05, 3.63) is 0 Å². The fourth-order valence-electron chi connectivity index (χ4n) is 2.57. The van der Waals surface area contributed by atoms with E-state index in [1.807, 2.05) is 0 Å². The highest BCUT2D eigenvalue weighted by molar-refractivity contribution is 5.35. The van der Waals surface area contributed by atoms with Gasteiger partial charge in [0.05, 0.1) is 7.11 Å². The predicted molar refractivity (Wildman–Crippen MR) is 71.6 cm³/mol. The maximum atomic E-state index is 5.33. The van der Waals surface area contributed by atoms with Crippen molar-refractivity contribution in [3.63, 3.8) is 0 Å². The maximum absolute atomic E-state index is 5.33. The SMILES string of the molecule is COc1nc(NN)nc(NCC(C2CC2)C2CC2)n1. The number of nitrogens with two attached hydrogens (primary N) is 1. The van der Waals surface area contributed by atoms with E-state index in [1.54, 1.807) is 0 Å². The van der Waals surface area contributed by atoms with Gasteiger partial charge in [-0.3, -0.25) is 5.43 Å². The van der Waals surface area contributed by atoms with Crippen molar-refractivity contribution >= 4 is 11.9 Å². The standard InChI is InChI=1S/C12H20N6O/c1-19-12-16-10(15-11(17-12)18-13)14-6-9(7-2-3-7)8-4-5-8/h7-9H,2-6,13H2,1H3,(H2,14,15,16,17,18). The molecule has 2 aliphatic carbocycles. The minimum atomic E-state index is 0.264.